The highest BCUT2D eigenvalue weighted by Gasteiger charge is 2.22. The van der Waals surface area contributed by atoms with Crippen molar-refractivity contribution in [1.82, 2.24) is 0 Å². The fraction of sp³-hybridized carbons (Fsp3) is 0.417. The van der Waals surface area contributed by atoms with Gasteiger partial charge in [-0.25, -0.2) is 0 Å². The van der Waals surface area contributed by atoms with E-state index in [2.05, 4.69) is 0 Å². The molecule has 1 atom stereocenters. The molecule has 0 aromatic heterocycles. The Labute approximate surface area is 104 Å². The average molecular weight is 259 g/mol. The quantitative estimate of drug-likeness (QED) is 0.826. The summed E-state index contributed by atoms with van der Waals surface area (Å²) in [6, 6.07) is 5.11. The maximum Gasteiger partial charge on any atom is 0.133 e. The van der Waals surface area contributed by atoms with Crippen LogP contribution in [0.4, 0.5) is 0 Å². The molecule has 0 aliphatic heterocycles. The Balaban J connectivity index is 1.91. The van der Waals surface area contributed by atoms with Gasteiger partial charge in [0.05, 0.1) is 6.61 Å². The van der Waals surface area contributed by atoms with Crippen LogP contribution in [0.1, 0.15) is 19.3 Å². The third kappa shape index (κ3) is 3.13. The van der Waals surface area contributed by atoms with E-state index < -0.39 is 0 Å². The van der Waals surface area contributed by atoms with Crippen LogP contribution in [0.15, 0.2) is 18.2 Å². The van der Waals surface area contributed by atoms with Crippen LogP contribution < -0.4 is 4.74 Å². The number of carbonyl (C=O) groups is 1. The summed E-state index contributed by atoms with van der Waals surface area (Å²) in [7, 11) is 0. The molecule has 0 radical (unpaired) electrons. The van der Waals surface area contributed by atoms with E-state index in [1.54, 1.807) is 18.2 Å². The number of benzene rings is 1. The summed E-state index contributed by atoms with van der Waals surface area (Å²) >= 11 is 11.7. The zero-order chi connectivity index (χ0) is 11.5. The highest BCUT2D eigenvalue weighted by atomic mass is 35.5. The maximum absolute atomic E-state index is 11.1. The van der Waals surface area contributed by atoms with E-state index in [-0.39, 0.29) is 0 Å². The minimum Gasteiger partial charge on any atom is -0.493 e. The van der Waals surface area contributed by atoms with E-state index in [0.717, 1.165) is 6.42 Å². The van der Waals surface area contributed by atoms with Crippen molar-refractivity contribution in [3.63, 3.8) is 0 Å². The molecule has 86 valence electrons. The van der Waals surface area contributed by atoms with Gasteiger partial charge in [-0.2, -0.15) is 0 Å². The maximum atomic E-state index is 11.1. The number of hydrogen-bond donors (Lipinski definition) is 0. The lowest BCUT2D eigenvalue weighted by atomic mass is 10.1. The van der Waals surface area contributed by atoms with E-state index in [1.807, 2.05) is 0 Å². The Kier molecular flexibility index (Phi) is 3.72. The molecule has 0 saturated heterocycles. The van der Waals surface area contributed by atoms with Crippen molar-refractivity contribution >= 4 is 29.0 Å². The molecule has 4 heteroatoms. The second kappa shape index (κ2) is 5.07. The lowest BCUT2D eigenvalue weighted by molar-refractivity contribution is -0.117. The molecule has 2 rings (SSSR count). The molecule has 0 amide bonds. The molecule has 1 aromatic rings. The monoisotopic (exact) mass is 258 g/mol. The van der Waals surface area contributed by atoms with Gasteiger partial charge in [0.25, 0.3) is 0 Å². The van der Waals surface area contributed by atoms with E-state index in [9.17, 15) is 4.79 Å². The van der Waals surface area contributed by atoms with Crippen molar-refractivity contribution in [2.45, 2.75) is 19.3 Å². The lowest BCUT2D eigenvalue weighted by Crippen LogP contribution is -2.08. The van der Waals surface area contributed by atoms with Gasteiger partial charge >= 0.3 is 0 Å². The SMILES string of the molecule is O=C1CCC(COc2cc(Cl)cc(Cl)c2)C1. The van der Waals surface area contributed by atoms with Gasteiger partial charge < -0.3 is 4.74 Å². The largest absolute Gasteiger partial charge is 0.493 e. The van der Waals surface area contributed by atoms with Crippen LogP contribution in [-0.4, -0.2) is 12.4 Å². The smallest absolute Gasteiger partial charge is 0.133 e. The Bertz CT molecular complexity index is 384. The van der Waals surface area contributed by atoms with Gasteiger partial charge in [-0.3, -0.25) is 4.79 Å². The van der Waals surface area contributed by atoms with Gasteiger partial charge in [-0.1, -0.05) is 23.2 Å². The van der Waals surface area contributed by atoms with Crippen molar-refractivity contribution in [2.75, 3.05) is 6.61 Å². The predicted molar refractivity (Wildman–Crippen MR) is 64.3 cm³/mol. The zero-order valence-electron chi connectivity index (χ0n) is 8.71. The summed E-state index contributed by atoms with van der Waals surface area (Å²) in [5, 5.41) is 1.12. The van der Waals surface area contributed by atoms with Gasteiger partial charge in [-0.15, -0.1) is 0 Å². The molecule has 1 fully saturated rings. The third-order valence-corrected chi connectivity index (χ3v) is 3.11. The highest BCUT2D eigenvalue weighted by Crippen LogP contribution is 2.27. The van der Waals surface area contributed by atoms with Gasteiger partial charge in [0.2, 0.25) is 0 Å². The molecule has 0 N–H and O–H groups in total. The van der Waals surface area contributed by atoms with Crippen LogP contribution in [0.3, 0.4) is 0 Å². The molecular formula is C12H12Cl2O2. The highest BCUT2D eigenvalue weighted by molar-refractivity contribution is 6.34. The number of ether oxygens (including phenoxy) is 1. The second-order valence-electron chi connectivity index (χ2n) is 4.06. The van der Waals surface area contributed by atoms with Crippen molar-refractivity contribution in [3.05, 3.63) is 28.2 Å². The number of rotatable bonds is 3. The summed E-state index contributed by atoms with van der Waals surface area (Å²) in [5.41, 5.74) is 0. The van der Waals surface area contributed by atoms with Crippen molar-refractivity contribution in [2.24, 2.45) is 5.92 Å². The van der Waals surface area contributed by atoms with Gasteiger partial charge in [-0.05, 0) is 24.6 Å². The number of halogens is 2. The third-order valence-electron chi connectivity index (χ3n) is 2.67. The second-order valence-corrected chi connectivity index (χ2v) is 4.94. The number of Topliss-reactive ketones (excluding diaryl/α,β-unsaturated/α-hetero) is 1. The molecule has 1 aliphatic carbocycles. The molecule has 1 aromatic carbocycles. The van der Waals surface area contributed by atoms with Gasteiger partial charge in [0.15, 0.2) is 0 Å². The van der Waals surface area contributed by atoms with E-state index >= 15 is 0 Å². The molecule has 0 bridgehead atoms. The van der Waals surface area contributed by atoms with Gasteiger partial charge in [0, 0.05) is 28.8 Å². The van der Waals surface area contributed by atoms with E-state index in [4.69, 9.17) is 27.9 Å². The molecule has 1 unspecified atom stereocenters. The van der Waals surface area contributed by atoms with E-state index in [1.165, 1.54) is 0 Å². The van der Waals surface area contributed by atoms with Crippen molar-refractivity contribution < 1.29 is 9.53 Å². The first-order valence-corrected chi connectivity index (χ1v) is 5.99. The first-order valence-electron chi connectivity index (χ1n) is 5.24. The van der Waals surface area contributed by atoms with Crippen LogP contribution in [0.2, 0.25) is 10.0 Å². The minimum absolute atomic E-state index is 0.331. The first kappa shape index (κ1) is 11.7. The van der Waals surface area contributed by atoms with Crippen LogP contribution >= 0.6 is 23.2 Å². The topological polar surface area (TPSA) is 26.3 Å². The van der Waals surface area contributed by atoms with Crippen molar-refractivity contribution in [1.29, 1.82) is 0 Å². The fourth-order valence-corrected chi connectivity index (χ4v) is 2.37. The molecular weight excluding hydrogens is 247 g/mol. The lowest BCUT2D eigenvalue weighted by Gasteiger charge is -2.11. The van der Waals surface area contributed by atoms with Crippen LogP contribution in [0.5, 0.6) is 5.75 Å². The van der Waals surface area contributed by atoms with Crippen LogP contribution in [-0.2, 0) is 4.79 Å². The van der Waals surface area contributed by atoms with Crippen LogP contribution in [0, 0.1) is 5.92 Å². The molecule has 16 heavy (non-hydrogen) atoms. The number of carbonyl (C=O) groups excluding carboxylic acids is 1. The Morgan fingerprint density at radius 2 is 1.94 bits per heavy atom. The molecule has 2 nitrogen and oxygen atoms in total. The molecule has 1 saturated carbocycles. The number of ketones is 1. The summed E-state index contributed by atoms with van der Waals surface area (Å²) in [6.45, 7) is 0.558. The Morgan fingerprint density at radius 1 is 1.25 bits per heavy atom. The molecule has 0 heterocycles. The first-order chi connectivity index (χ1) is 7.63. The predicted octanol–water partition coefficient (Wildman–Crippen LogP) is 3.74. The summed E-state index contributed by atoms with van der Waals surface area (Å²) in [5.74, 6) is 1.33. The minimum atomic E-state index is 0.331. The van der Waals surface area contributed by atoms with E-state index in [0.29, 0.717) is 46.9 Å². The fourth-order valence-electron chi connectivity index (χ4n) is 1.86. The summed E-state index contributed by atoms with van der Waals surface area (Å²) in [4.78, 5) is 11.1. The van der Waals surface area contributed by atoms with Gasteiger partial charge in [0.1, 0.15) is 11.5 Å². The standard InChI is InChI=1S/C12H12Cl2O2/c13-9-4-10(14)6-12(5-9)16-7-8-1-2-11(15)3-8/h4-6,8H,1-3,7H2. The Morgan fingerprint density at radius 3 is 2.50 bits per heavy atom. The molecule has 1 aliphatic rings. The Hall–Kier alpha value is -0.730. The average Bonchev–Trinajstić information content (AvgIpc) is 2.60. The van der Waals surface area contributed by atoms with Crippen LogP contribution in [0.25, 0.3) is 0 Å². The van der Waals surface area contributed by atoms with Crippen molar-refractivity contribution in [3.8, 4) is 5.75 Å². The summed E-state index contributed by atoms with van der Waals surface area (Å²) < 4.78 is 5.58. The molecule has 0 spiro atoms. The summed E-state index contributed by atoms with van der Waals surface area (Å²) in [6.07, 6.45) is 2.24. The normalized spacial score (nSPS) is 20.1. The number of hydrogen-bond acceptors (Lipinski definition) is 2. The zero-order valence-corrected chi connectivity index (χ0v) is 10.2.